The number of ketones is 1. The quantitative estimate of drug-likeness (QED) is 0.278. The van der Waals surface area contributed by atoms with Gasteiger partial charge in [0.1, 0.15) is 11.9 Å². The molecule has 34 heavy (non-hydrogen) atoms. The molecule has 3 saturated carbocycles. The molecule has 0 aromatic heterocycles. The summed E-state index contributed by atoms with van der Waals surface area (Å²) in [6.45, 7) is 20.0. The van der Waals surface area contributed by atoms with Crippen molar-refractivity contribution in [3.63, 3.8) is 0 Å². The fraction of sp³-hybridized carbons (Fsp3) is 0.857. The van der Waals surface area contributed by atoms with E-state index in [1.165, 1.54) is 0 Å². The van der Waals surface area contributed by atoms with Crippen LogP contribution >= 0.6 is 11.8 Å². The highest BCUT2D eigenvalue weighted by molar-refractivity contribution is 7.99. The Balaban J connectivity index is 1.88. The minimum Gasteiger partial charge on any atom is -0.461 e. The summed E-state index contributed by atoms with van der Waals surface area (Å²) in [6.07, 6.45) is 4.64. The van der Waals surface area contributed by atoms with Crippen LogP contribution in [0.5, 0.6) is 0 Å². The number of carbonyl (C=O) groups is 2. The zero-order valence-electron chi connectivity index (χ0n) is 22.3. The largest absolute Gasteiger partial charge is 0.461 e. The predicted molar refractivity (Wildman–Crippen MR) is 140 cm³/mol. The summed E-state index contributed by atoms with van der Waals surface area (Å²) >= 11 is 1.61. The molecular formula is C28H47NO4S. The monoisotopic (exact) mass is 493 g/mol. The van der Waals surface area contributed by atoms with Crippen LogP contribution in [-0.2, 0) is 14.3 Å². The lowest BCUT2D eigenvalue weighted by Gasteiger charge is -2.61. The molecule has 0 aliphatic heterocycles. The van der Waals surface area contributed by atoms with Crippen molar-refractivity contribution in [2.24, 2.45) is 34.0 Å². The van der Waals surface area contributed by atoms with Gasteiger partial charge in [0.15, 0.2) is 0 Å². The van der Waals surface area contributed by atoms with E-state index in [1.807, 2.05) is 13.0 Å². The zero-order chi connectivity index (χ0) is 25.3. The topological polar surface area (TPSA) is 66.8 Å². The number of carbonyl (C=O) groups excluding carboxylic acids is 2. The number of Topliss-reactive ketones (excluding diaryl/α,β-unsaturated/α-hetero) is 1. The van der Waals surface area contributed by atoms with Crippen LogP contribution in [0.25, 0.3) is 0 Å². The van der Waals surface area contributed by atoms with Crippen molar-refractivity contribution in [2.45, 2.75) is 85.9 Å². The van der Waals surface area contributed by atoms with Gasteiger partial charge in [0.2, 0.25) is 0 Å². The van der Waals surface area contributed by atoms with Crippen LogP contribution in [0.3, 0.4) is 0 Å². The first-order valence-corrected chi connectivity index (χ1v) is 14.5. The molecule has 0 unspecified atom stereocenters. The molecule has 194 valence electrons. The van der Waals surface area contributed by atoms with E-state index in [0.717, 1.165) is 44.6 Å². The minimum absolute atomic E-state index is 0.00828. The summed E-state index contributed by atoms with van der Waals surface area (Å²) in [4.78, 5) is 28.9. The van der Waals surface area contributed by atoms with E-state index in [4.69, 9.17) is 4.74 Å². The second kappa shape index (κ2) is 10.6. The maximum atomic E-state index is 13.4. The lowest BCUT2D eigenvalue weighted by atomic mass is 9.44. The van der Waals surface area contributed by atoms with Gasteiger partial charge in [-0.25, -0.2) is 0 Å². The van der Waals surface area contributed by atoms with E-state index in [2.05, 4.69) is 46.1 Å². The third-order valence-electron chi connectivity index (χ3n) is 10.2. The van der Waals surface area contributed by atoms with E-state index >= 15 is 0 Å². The van der Waals surface area contributed by atoms with Crippen LogP contribution in [0.15, 0.2) is 12.7 Å². The fourth-order valence-corrected chi connectivity index (χ4v) is 8.35. The molecule has 0 aromatic rings. The van der Waals surface area contributed by atoms with Gasteiger partial charge in [0.25, 0.3) is 0 Å². The van der Waals surface area contributed by atoms with Crippen LogP contribution in [0, 0.1) is 34.0 Å². The zero-order valence-corrected chi connectivity index (χ0v) is 23.1. The number of hydrogen-bond acceptors (Lipinski definition) is 6. The molecule has 3 aliphatic carbocycles. The summed E-state index contributed by atoms with van der Waals surface area (Å²) in [6, 6.07) is 0. The Morgan fingerprint density at radius 1 is 1.26 bits per heavy atom. The lowest BCUT2D eigenvalue weighted by molar-refractivity contribution is -0.205. The molecule has 0 aromatic carbocycles. The van der Waals surface area contributed by atoms with Crippen molar-refractivity contribution in [2.75, 3.05) is 31.1 Å². The highest BCUT2D eigenvalue weighted by Gasteiger charge is 2.68. The smallest absolute Gasteiger partial charge is 0.316 e. The molecule has 3 rings (SSSR count). The average Bonchev–Trinajstić information content (AvgIpc) is 3.17. The first kappa shape index (κ1) is 27.7. The Bertz CT molecular complexity index is 770. The van der Waals surface area contributed by atoms with Crippen molar-refractivity contribution in [1.82, 2.24) is 4.90 Å². The van der Waals surface area contributed by atoms with Crippen LogP contribution in [-0.4, -0.2) is 65.1 Å². The summed E-state index contributed by atoms with van der Waals surface area (Å²) in [5.74, 6) is 1.37. The standard InChI is InChI=1S/C28H47NO4S/c1-8-26(6)17-22(33-23(31)18-34-16-15-29(9-2)10-3)27(7)19(4)11-13-28(20(5)25(26)32)14-12-21(30)24(27)28/h8,19-20,22,24-25,32H,1,9-18H2,2-7H3/t19-,20+,22-,24+,25-,26-,27+,28+/m1/s1. The Hall–Kier alpha value is -0.850. The Kier molecular flexibility index (Phi) is 8.68. The number of aliphatic hydroxyl groups is 1. The van der Waals surface area contributed by atoms with Crippen LogP contribution in [0.1, 0.15) is 73.6 Å². The summed E-state index contributed by atoms with van der Waals surface area (Å²) in [7, 11) is 0. The van der Waals surface area contributed by atoms with Crippen molar-refractivity contribution < 1.29 is 19.4 Å². The number of hydrogen-bond donors (Lipinski definition) is 1. The van der Waals surface area contributed by atoms with Gasteiger partial charge >= 0.3 is 5.97 Å². The number of ether oxygens (including phenoxy) is 1. The Morgan fingerprint density at radius 2 is 1.94 bits per heavy atom. The van der Waals surface area contributed by atoms with Gasteiger partial charge in [0.05, 0.1) is 11.9 Å². The second-order valence-electron chi connectivity index (χ2n) is 11.6. The summed E-state index contributed by atoms with van der Waals surface area (Å²) in [5.41, 5.74) is -1.25. The number of aliphatic hydroxyl groups excluding tert-OH is 1. The molecule has 1 N–H and O–H groups in total. The van der Waals surface area contributed by atoms with E-state index in [-0.39, 0.29) is 29.1 Å². The Morgan fingerprint density at radius 3 is 2.56 bits per heavy atom. The first-order chi connectivity index (χ1) is 16.0. The molecule has 0 saturated heterocycles. The molecule has 0 radical (unpaired) electrons. The van der Waals surface area contributed by atoms with E-state index in [0.29, 0.717) is 24.4 Å². The molecule has 0 amide bonds. The van der Waals surface area contributed by atoms with Gasteiger partial charge in [-0.3, -0.25) is 9.59 Å². The van der Waals surface area contributed by atoms with Gasteiger partial charge in [-0.05, 0) is 56.0 Å². The first-order valence-electron chi connectivity index (χ1n) is 13.3. The van der Waals surface area contributed by atoms with Crippen molar-refractivity contribution in [1.29, 1.82) is 0 Å². The molecule has 6 heteroatoms. The molecular weight excluding hydrogens is 446 g/mol. The number of thioether (sulfide) groups is 1. The third-order valence-corrected chi connectivity index (χ3v) is 11.2. The molecule has 3 aliphatic rings. The van der Waals surface area contributed by atoms with Crippen molar-refractivity contribution in [3.05, 3.63) is 12.7 Å². The number of rotatable bonds is 9. The molecule has 2 bridgehead atoms. The van der Waals surface area contributed by atoms with Crippen LogP contribution in [0.2, 0.25) is 0 Å². The fourth-order valence-electron chi connectivity index (χ4n) is 7.58. The normalized spacial score (nSPS) is 42.1. The van der Waals surface area contributed by atoms with Gasteiger partial charge in [0, 0.05) is 35.5 Å². The summed E-state index contributed by atoms with van der Waals surface area (Å²) < 4.78 is 6.30. The molecule has 0 spiro atoms. The maximum Gasteiger partial charge on any atom is 0.316 e. The van der Waals surface area contributed by atoms with Crippen LogP contribution < -0.4 is 0 Å². The summed E-state index contributed by atoms with van der Waals surface area (Å²) in [5, 5.41) is 11.6. The molecule has 8 atom stereocenters. The van der Waals surface area contributed by atoms with Gasteiger partial charge in [-0.2, -0.15) is 0 Å². The lowest BCUT2D eigenvalue weighted by Crippen LogP contribution is -2.63. The van der Waals surface area contributed by atoms with E-state index in [1.54, 1.807) is 11.8 Å². The number of nitrogens with zero attached hydrogens (tertiary/aromatic N) is 1. The SMILES string of the molecule is C=C[C@]1(C)C[C@@H](OC(=O)CSCCN(CC)CC)[C@]2(C)[C@H](C)CC[C@]3(CCC(=O)[C@H]32)[C@@H](C)[C@H]1O. The van der Waals surface area contributed by atoms with Crippen LogP contribution in [0.4, 0.5) is 0 Å². The van der Waals surface area contributed by atoms with Gasteiger partial charge in [-0.1, -0.05) is 47.6 Å². The van der Waals surface area contributed by atoms with Crippen molar-refractivity contribution >= 4 is 23.5 Å². The highest BCUT2D eigenvalue weighted by atomic mass is 32.2. The van der Waals surface area contributed by atoms with Gasteiger partial charge in [-0.15, -0.1) is 18.3 Å². The number of esters is 1. The molecule has 5 nitrogen and oxygen atoms in total. The second-order valence-corrected chi connectivity index (χ2v) is 12.7. The highest BCUT2D eigenvalue weighted by Crippen LogP contribution is 2.67. The molecule has 3 fully saturated rings. The van der Waals surface area contributed by atoms with E-state index in [9.17, 15) is 14.7 Å². The molecule has 0 heterocycles. The average molecular weight is 494 g/mol. The predicted octanol–water partition coefficient (Wildman–Crippen LogP) is 4.97. The van der Waals surface area contributed by atoms with Gasteiger partial charge < -0.3 is 14.7 Å². The third kappa shape index (κ3) is 4.64. The maximum absolute atomic E-state index is 13.4. The van der Waals surface area contributed by atoms with Crippen molar-refractivity contribution in [3.8, 4) is 0 Å². The minimum atomic E-state index is -0.624. The Labute approximate surface area is 211 Å². The van der Waals surface area contributed by atoms with E-state index < -0.39 is 23.0 Å².